The fourth-order valence-electron chi connectivity index (χ4n) is 5.34. The fourth-order valence-corrected chi connectivity index (χ4v) is 7.03. The quantitative estimate of drug-likeness (QED) is 0.382. The first-order valence-corrected chi connectivity index (χ1v) is 14.0. The molecule has 9 heteroatoms. The molecule has 8 nitrogen and oxygen atoms in total. The molecule has 182 valence electrons. The van der Waals surface area contributed by atoms with Gasteiger partial charge in [0.1, 0.15) is 0 Å². The number of hydrogen-bond acceptors (Lipinski definition) is 7. The second-order valence-corrected chi connectivity index (χ2v) is 12.2. The average Bonchev–Trinajstić information content (AvgIpc) is 3.34. The van der Waals surface area contributed by atoms with Gasteiger partial charge >= 0.3 is 5.97 Å². The van der Waals surface area contributed by atoms with Crippen molar-refractivity contribution in [2.45, 2.75) is 57.4 Å². The standard InChI is InChI=1S/C26H27N3O5S/c1-15-24-21(26(31)34-13-23(30)19-8-5-16-3-2-4-18(16)11-19)12-22(17-6-7-17)27-25(24)29(28-15)20-9-10-35(32,33)14-20/h5,8,11-12,17,20H,2-4,6-7,9-10,13-14H2,1H3. The monoisotopic (exact) mass is 493 g/mol. The van der Waals surface area contributed by atoms with E-state index in [1.165, 1.54) is 11.1 Å². The van der Waals surface area contributed by atoms with Crippen LogP contribution in [0.2, 0.25) is 0 Å². The van der Waals surface area contributed by atoms with Crippen molar-refractivity contribution < 1.29 is 22.7 Å². The largest absolute Gasteiger partial charge is 0.454 e. The first kappa shape index (κ1) is 22.4. The van der Waals surface area contributed by atoms with E-state index in [1.807, 2.05) is 12.1 Å². The van der Waals surface area contributed by atoms with Gasteiger partial charge in [0.25, 0.3) is 0 Å². The molecule has 1 atom stereocenters. The summed E-state index contributed by atoms with van der Waals surface area (Å²) in [7, 11) is -3.11. The predicted octanol–water partition coefficient (Wildman–Crippen LogP) is 3.51. The van der Waals surface area contributed by atoms with E-state index in [0.29, 0.717) is 34.3 Å². The Morgan fingerprint density at radius 1 is 1.11 bits per heavy atom. The third-order valence-corrected chi connectivity index (χ3v) is 9.13. The summed E-state index contributed by atoms with van der Waals surface area (Å²) >= 11 is 0. The van der Waals surface area contributed by atoms with E-state index < -0.39 is 15.8 Å². The Balaban J connectivity index is 1.30. The summed E-state index contributed by atoms with van der Waals surface area (Å²) in [6, 6.07) is 7.17. The molecule has 0 spiro atoms. The maximum absolute atomic E-state index is 13.2. The second kappa shape index (κ2) is 8.26. The number of aromatic nitrogens is 3. The van der Waals surface area contributed by atoms with Crippen LogP contribution in [0.25, 0.3) is 11.0 Å². The van der Waals surface area contributed by atoms with Gasteiger partial charge in [0, 0.05) is 17.2 Å². The molecule has 2 aliphatic carbocycles. The number of benzene rings is 1. The van der Waals surface area contributed by atoms with Crippen LogP contribution in [0.15, 0.2) is 24.3 Å². The Morgan fingerprint density at radius 3 is 2.66 bits per heavy atom. The first-order valence-electron chi connectivity index (χ1n) is 12.2. The molecule has 3 aromatic rings. The Bertz CT molecular complexity index is 1490. The number of aryl methyl sites for hydroxylation is 3. The van der Waals surface area contributed by atoms with Crippen molar-refractivity contribution >= 4 is 32.6 Å². The van der Waals surface area contributed by atoms with Crippen molar-refractivity contribution in [2.24, 2.45) is 0 Å². The van der Waals surface area contributed by atoms with Crippen LogP contribution in [0.3, 0.4) is 0 Å². The highest BCUT2D eigenvalue weighted by molar-refractivity contribution is 7.91. The predicted molar refractivity (Wildman–Crippen MR) is 130 cm³/mol. The topological polar surface area (TPSA) is 108 Å². The minimum Gasteiger partial charge on any atom is -0.454 e. The molecular weight excluding hydrogens is 466 g/mol. The molecule has 3 aliphatic rings. The van der Waals surface area contributed by atoms with Crippen molar-refractivity contribution in [3.63, 3.8) is 0 Å². The second-order valence-electron chi connectivity index (χ2n) is 9.99. The SMILES string of the molecule is Cc1nn(C2CCS(=O)(=O)C2)c2nc(C3CC3)cc(C(=O)OCC(=O)c3ccc4c(c3)CCC4)c12. The summed E-state index contributed by atoms with van der Waals surface area (Å²) in [5, 5.41) is 5.16. The van der Waals surface area contributed by atoms with Crippen LogP contribution in [-0.4, -0.2) is 53.0 Å². The summed E-state index contributed by atoms with van der Waals surface area (Å²) < 4.78 is 31.3. The molecule has 0 amide bonds. The van der Waals surface area contributed by atoms with Gasteiger partial charge < -0.3 is 4.74 Å². The Hall–Kier alpha value is -3.07. The van der Waals surface area contributed by atoms with E-state index in [1.54, 1.807) is 23.7 Å². The van der Waals surface area contributed by atoms with Gasteiger partial charge in [-0.1, -0.05) is 12.1 Å². The first-order chi connectivity index (χ1) is 16.8. The number of nitrogens with zero attached hydrogens (tertiary/aromatic N) is 3. The van der Waals surface area contributed by atoms with Gasteiger partial charge in [-0.15, -0.1) is 0 Å². The van der Waals surface area contributed by atoms with Gasteiger partial charge in [-0.05, 0) is 68.7 Å². The van der Waals surface area contributed by atoms with E-state index in [2.05, 4.69) is 5.10 Å². The van der Waals surface area contributed by atoms with Gasteiger partial charge in [-0.3, -0.25) is 4.79 Å². The highest BCUT2D eigenvalue weighted by Crippen LogP contribution is 2.41. The Morgan fingerprint density at radius 2 is 1.91 bits per heavy atom. The lowest BCUT2D eigenvalue weighted by molar-refractivity contribution is 0.0476. The molecule has 35 heavy (non-hydrogen) atoms. The molecule has 0 bridgehead atoms. The van der Waals surface area contributed by atoms with Crippen molar-refractivity contribution in [2.75, 3.05) is 18.1 Å². The number of rotatable bonds is 6. The maximum Gasteiger partial charge on any atom is 0.339 e. The van der Waals surface area contributed by atoms with Crippen LogP contribution in [0.1, 0.15) is 80.9 Å². The van der Waals surface area contributed by atoms with Gasteiger partial charge in [0.05, 0.1) is 34.2 Å². The van der Waals surface area contributed by atoms with Crippen LogP contribution in [-0.2, 0) is 27.4 Å². The molecule has 1 saturated carbocycles. The normalized spacial score (nSPS) is 20.8. The Kier molecular flexibility index (Phi) is 5.28. The number of fused-ring (bicyclic) bond motifs is 2. The van der Waals surface area contributed by atoms with Crippen LogP contribution >= 0.6 is 0 Å². The van der Waals surface area contributed by atoms with Crippen molar-refractivity contribution in [3.05, 3.63) is 57.9 Å². The summed E-state index contributed by atoms with van der Waals surface area (Å²) in [4.78, 5) is 30.8. The number of pyridine rings is 1. The van der Waals surface area contributed by atoms with Crippen molar-refractivity contribution in [3.8, 4) is 0 Å². The minimum atomic E-state index is -3.11. The molecule has 1 aromatic carbocycles. The molecule has 0 N–H and O–H groups in total. The highest BCUT2D eigenvalue weighted by atomic mass is 32.2. The number of esters is 1. The van der Waals surface area contributed by atoms with E-state index in [4.69, 9.17) is 9.72 Å². The molecule has 1 saturated heterocycles. The lowest BCUT2D eigenvalue weighted by Gasteiger charge is -2.12. The van der Waals surface area contributed by atoms with Gasteiger partial charge in [-0.25, -0.2) is 22.9 Å². The zero-order valence-corrected chi connectivity index (χ0v) is 20.4. The molecule has 1 unspecified atom stereocenters. The zero-order chi connectivity index (χ0) is 24.3. The molecule has 0 radical (unpaired) electrons. The van der Waals surface area contributed by atoms with Crippen LogP contribution in [0.5, 0.6) is 0 Å². The third kappa shape index (κ3) is 4.16. The molecule has 2 aromatic heterocycles. The molecule has 2 fully saturated rings. The van der Waals surface area contributed by atoms with Crippen LogP contribution < -0.4 is 0 Å². The summed E-state index contributed by atoms with van der Waals surface area (Å²) in [6.45, 7) is 1.45. The molecular formula is C26H27N3O5S. The summed E-state index contributed by atoms with van der Waals surface area (Å²) in [5.74, 6) is -0.400. The molecule has 6 rings (SSSR count). The number of ketones is 1. The average molecular weight is 494 g/mol. The Labute approximate surface area is 203 Å². The van der Waals surface area contributed by atoms with Crippen LogP contribution in [0, 0.1) is 6.92 Å². The number of hydrogen-bond donors (Lipinski definition) is 0. The lowest BCUT2D eigenvalue weighted by atomic mass is 10.0. The van der Waals surface area contributed by atoms with E-state index in [-0.39, 0.29) is 35.9 Å². The van der Waals surface area contributed by atoms with Crippen LogP contribution in [0.4, 0.5) is 0 Å². The van der Waals surface area contributed by atoms with E-state index in [0.717, 1.165) is 37.8 Å². The van der Waals surface area contributed by atoms with Crippen molar-refractivity contribution in [1.29, 1.82) is 0 Å². The smallest absolute Gasteiger partial charge is 0.339 e. The lowest BCUT2D eigenvalue weighted by Crippen LogP contribution is -2.16. The summed E-state index contributed by atoms with van der Waals surface area (Å²) in [6.07, 6.45) is 5.58. The van der Waals surface area contributed by atoms with Crippen molar-refractivity contribution in [1.82, 2.24) is 14.8 Å². The van der Waals surface area contributed by atoms with E-state index >= 15 is 0 Å². The van der Waals surface area contributed by atoms with Gasteiger partial charge in [0.2, 0.25) is 0 Å². The number of carbonyl (C=O) groups is 2. The van der Waals surface area contributed by atoms with E-state index in [9.17, 15) is 18.0 Å². The molecule has 3 heterocycles. The fraction of sp³-hybridized carbons (Fsp3) is 0.462. The highest BCUT2D eigenvalue weighted by Gasteiger charge is 2.34. The minimum absolute atomic E-state index is 0.0214. The summed E-state index contributed by atoms with van der Waals surface area (Å²) in [5.41, 5.74) is 5.28. The number of Topliss-reactive ketones (excluding diaryl/α,β-unsaturated/α-hetero) is 1. The van der Waals surface area contributed by atoms with Gasteiger partial charge in [-0.2, -0.15) is 5.10 Å². The number of carbonyl (C=O) groups excluding carboxylic acids is 2. The molecule has 1 aliphatic heterocycles. The zero-order valence-electron chi connectivity index (χ0n) is 19.6. The number of ether oxygens (including phenoxy) is 1. The maximum atomic E-state index is 13.2. The number of sulfone groups is 1. The third-order valence-electron chi connectivity index (χ3n) is 7.38. The van der Waals surface area contributed by atoms with Gasteiger partial charge in [0.15, 0.2) is 27.9 Å².